The summed E-state index contributed by atoms with van der Waals surface area (Å²) in [4.78, 5) is 6.45. The molecule has 24 heavy (non-hydrogen) atoms. The Bertz CT molecular complexity index is 923. The van der Waals surface area contributed by atoms with Gasteiger partial charge in [0, 0.05) is 11.5 Å². The van der Waals surface area contributed by atoms with Crippen molar-refractivity contribution in [1.82, 2.24) is 9.97 Å². The highest BCUT2D eigenvalue weighted by molar-refractivity contribution is 5.91. The fraction of sp³-hybridized carbons (Fsp3) is 0.0667. The van der Waals surface area contributed by atoms with Gasteiger partial charge >= 0.3 is 6.18 Å². The third-order valence-corrected chi connectivity index (χ3v) is 3.11. The van der Waals surface area contributed by atoms with Gasteiger partial charge in [-0.05, 0) is 24.3 Å². The maximum Gasteiger partial charge on any atom is 0.451 e. The van der Waals surface area contributed by atoms with Crippen molar-refractivity contribution in [3.8, 4) is 0 Å². The van der Waals surface area contributed by atoms with E-state index in [1.165, 1.54) is 12.1 Å². The molecular formula is C15H7F6N3. The summed E-state index contributed by atoms with van der Waals surface area (Å²) in [6, 6.07) is 5.82. The molecule has 0 amide bonds. The molecule has 3 rings (SSSR count). The third-order valence-electron chi connectivity index (χ3n) is 3.11. The lowest BCUT2D eigenvalue weighted by atomic mass is 10.2. The van der Waals surface area contributed by atoms with Crippen LogP contribution < -0.4 is 5.32 Å². The van der Waals surface area contributed by atoms with E-state index in [1.54, 1.807) is 0 Å². The first-order chi connectivity index (χ1) is 11.3. The monoisotopic (exact) mass is 343 g/mol. The Morgan fingerprint density at radius 1 is 0.875 bits per heavy atom. The molecule has 124 valence electrons. The lowest BCUT2D eigenvalue weighted by molar-refractivity contribution is -0.144. The van der Waals surface area contributed by atoms with Crippen LogP contribution in [0.3, 0.4) is 0 Å². The van der Waals surface area contributed by atoms with Gasteiger partial charge in [0.05, 0.1) is 5.69 Å². The average Bonchev–Trinajstić information content (AvgIpc) is 2.50. The van der Waals surface area contributed by atoms with Crippen LogP contribution in [0.5, 0.6) is 0 Å². The van der Waals surface area contributed by atoms with Gasteiger partial charge in [-0.3, -0.25) is 0 Å². The Labute approximate surface area is 131 Å². The molecule has 0 aliphatic carbocycles. The molecule has 0 aliphatic rings. The van der Waals surface area contributed by atoms with E-state index >= 15 is 0 Å². The largest absolute Gasteiger partial charge is 0.451 e. The minimum Gasteiger partial charge on any atom is -0.337 e. The highest BCUT2D eigenvalue weighted by Gasteiger charge is 2.36. The molecule has 0 fully saturated rings. The second-order valence-electron chi connectivity index (χ2n) is 4.78. The number of hydrogen-bond acceptors (Lipinski definition) is 3. The van der Waals surface area contributed by atoms with Gasteiger partial charge in [0.25, 0.3) is 0 Å². The lowest BCUT2D eigenvalue weighted by Gasteiger charge is -2.13. The molecule has 9 heteroatoms. The summed E-state index contributed by atoms with van der Waals surface area (Å²) in [6.07, 6.45) is -4.94. The first-order valence-corrected chi connectivity index (χ1v) is 6.51. The molecule has 0 atom stereocenters. The van der Waals surface area contributed by atoms with Gasteiger partial charge in [0.2, 0.25) is 5.82 Å². The third kappa shape index (κ3) is 2.97. The van der Waals surface area contributed by atoms with Crippen LogP contribution in [-0.4, -0.2) is 9.97 Å². The van der Waals surface area contributed by atoms with E-state index in [2.05, 4.69) is 15.3 Å². The normalized spacial score (nSPS) is 11.8. The number of halogens is 6. The second-order valence-corrected chi connectivity index (χ2v) is 4.78. The zero-order chi connectivity index (χ0) is 17.5. The predicted molar refractivity (Wildman–Crippen MR) is 74.1 cm³/mol. The number of para-hydroxylation sites is 1. The maximum atomic E-state index is 13.8. The Hall–Kier alpha value is -2.84. The minimum atomic E-state index is -4.94. The zero-order valence-electron chi connectivity index (χ0n) is 11.6. The van der Waals surface area contributed by atoms with Crippen LogP contribution in [-0.2, 0) is 6.18 Å². The van der Waals surface area contributed by atoms with Crippen molar-refractivity contribution in [1.29, 1.82) is 0 Å². The average molecular weight is 343 g/mol. The van der Waals surface area contributed by atoms with Crippen LogP contribution in [0.25, 0.3) is 10.9 Å². The van der Waals surface area contributed by atoms with Crippen molar-refractivity contribution in [2.24, 2.45) is 0 Å². The Morgan fingerprint density at radius 3 is 2.33 bits per heavy atom. The summed E-state index contributed by atoms with van der Waals surface area (Å²) in [5, 5.41) is 2.16. The van der Waals surface area contributed by atoms with E-state index in [-0.39, 0.29) is 5.39 Å². The van der Waals surface area contributed by atoms with Crippen molar-refractivity contribution in [3.05, 3.63) is 59.7 Å². The van der Waals surface area contributed by atoms with Gasteiger partial charge in [-0.25, -0.2) is 23.1 Å². The number of nitrogens with one attached hydrogen (secondary N) is 1. The van der Waals surface area contributed by atoms with Crippen molar-refractivity contribution in [3.63, 3.8) is 0 Å². The highest BCUT2D eigenvalue weighted by atomic mass is 19.4. The quantitative estimate of drug-likeness (QED) is 0.679. The van der Waals surface area contributed by atoms with E-state index < -0.39 is 46.5 Å². The summed E-state index contributed by atoms with van der Waals surface area (Å²) in [6.45, 7) is 0. The molecule has 0 saturated heterocycles. The minimum absolute atomic E-state index is 0.105. The molecular weight excluding hydrogens is 336 g/mol. The predicted octanol–water partition coefficient (Wildman–Crippen LogP) is 4.81. The second kappa shape index (κ2) is 5.66. The van der Waals surface area contributed by atoms with Gasteiger partial charge in [0.15, 0.2) is 0 Å². The fourth-order valence-corrected chi connectivity index (χ4v) is 2.06. The maximum absolute atomic E-state index is 13.8. The van der Waals surface area contributed by atoms with E-state index in [9.17, 15) is 26.3 Å². The van der Waals surface area contributed by atoms with Gasteiger partial charge in [0.1, 0.15) is 28.8 Å². The van der Waals surface area contributed by atoms with Crippen molar-refractivity contribution in [2.75, 3.05) is 5.32 Å². The number of hydrogen-bond donors (Lipinski definition) is 1. The molecule has 1 aromatic heterocycles. The van der Waals surface area contributed by atoms with Gasteiger partial charge < -0.3 is 5.32 Å². The van der Waals surface area contributed by atoms with E-state index in [1.807, 2.05) is 0 Å². The smallest absolute Gasteiger partial charge is 0.337 e. The van der Waals surface area contributed by atoms with E-state index in [4.69, 9.17) is 0 Å². The molecule has 0 unspecified atom stereocenters. The summed E-state index contributed by atoms with van der Waals surface area (Å²) >= 11 is 0. The number of alkyl halides is 3. The summed E-state index contributed by atoms with van der Waals surface area (Å²) in [7, 11) is 0. The molecule has 0 bridgehead atoms. The number of nitrogens with zero attached hydrogens (tertiary/aromatic N) is 2. The van der Waals surface area contributed by atoms with Crippen molar-refractivity contribution >= 4 is 22.4 Å². The summed E-state index contributed by atoms with van der Waals surface area (Å²) in [5.41, 5.74) is -1.02. The van der Waals surface area contributed by atoms with E-state index in [0.717, 1.165) is 24.3 Å². The molecule has 0 radical (unpaired) electrons. The molecule has 2 aromatic carbocycles. The Balaban J connectivity index is 2.22. The van der Waals surface area contributed by atoms with Gasteiger partial charge in [-0.15, -0.1) is 0 Å². The Morgan fingerprint density at radius 2 is 1.62 bits per heavy atom. The van der Waals surface area contributed by atoms with Crippen LogP contribution in [0.2, 0.25) is 0 Å². The number of anilines is 2. The molecule has 0 aliphatic heterocycles. The van der Waals surface area contributed by atoms with Gasteiger partial charge in [-0.1, -0.05) is 6.07 Å². The molecule has 0 spiro atoms. The van der Waals surface area contributed by atoms with Crippen LogP contribution in [0.4, 0.5) is 37.8 Å². The molecule has 3 nitrogen and oxygen atoms in total. The SMILES string of the molecule is Fc1ccc(F)c(Nc2nc(C(F)(F)F)nc3c(F)cccc23)c1. The summed E-state index contributed by atoms with van der Waals surface area (Å²) in [5.74, 6) is -4.80. The first-order valence-electron chi connectivity index (χ1n) is 6.51. The zero-order valence-corrected chi connectivity index (χ0v) is 11.6. The first kappa shape index (κ1) is 16.0. The number of fused-ring (bicyclic) bond motifs is 1. The molecule has 1 N–H and O–H groups in total. The van der Waals surface area contributed by atoms with Gasteiger partial charge in [-0.2, -0.15) is 13.2 Å². The van der Waals surface area contributed by atoms with Crippen LogP contribution in [0.1, 0.15) is 5.82 Å². The van der Waals surface area contributed by atoms with Crippen molar-refractivity contribution in [2.45, 2.75) is 6.18 Å². The molecule has 0 saturated carbocycles. The van der Waals surface area contributed by atoms with Crippen LogP contribution in [0, 0.1) is 17.5 Å². The molecule has 1 heterocycles. The van der Waals surface area contributed by atoms with Crippen molar-refractivity contribution < 1.29 is 26.3 Å². The number of rotatable bonds is 2. The number of aromatic nitrogens is 2. The van der Waals surface area contributed by atoms with Crippen LogP contribution >= 0.6 is 0 Å². The molecule has 3 aromatic rings. The topological polar surface area (TPSA) is 37.8 Å². The standard InChI is InChI=1S/C15H7F6N3/c16-7-4-5-9(17)11(6-7)22-13-8-2-1-3-10(18)12(8)23-14(24-13)15(19,20)21/h1-6H,(H,22,23,24). The van der Waals surface area contributed by atoms with E-state index in [0.29, 0.717) is 0 Å². The Kier molecular flexibility index (Phi) is 3.78. The lowest BCUT2D eigenvalue weighted by Crippen LogP contribution is -2.13. The fourth-order valence-electron chi connectivity index (χ4n) is 2.06. The number of benzene rings is 2. The van der Waals surface area contributed by atoms with Crippen LogP contribution in [0.15, 0.2) is 36.4 Å². The summed E-state index contributed by atoms with van der Waals surface area (Å²) < 4.78 is 79.4. The highest BCUT2D eigenvalue weighted by Crippen LogP contribution is 2.32.